The van der Waals surface area contributed by atoms with Gasteiger partial charge in [-0.1, -0.05) is 54.6 Å². The smallest absolute Gasteiger partial charge is 0.255 e. The largest absolute Gasteiger partial charge is 0.496 e. The Bertz CT molecular complexity index is 870. The molecule has 0 saturated carbocycles. The monoisotopic (exact) mass is 335 g/mol. The fraction of sp³-hybridized carbons (Fsp3) is 0.190. The molecule has 25 heavy (non-hydrogen) atoms. The molecule has 0 fully saturated rings. The van der Waals surface area contributed by atoms with E-state index in [0.29, 0.717) is 24.3 Å². The van der Waals surface area contributed by atoms with Crippen molar-refractivity contribution in [3.05, 3.63) is 77.9 Å². The summed E-state index contributed by atoms with van der Waals surface area (Å²) in [5.74, 6) is 0.331. The molecule has 0 bridgehead atoms. The Labute approximate surface area is 147 Å². The molecule has 0 aliphatic carbocycles. The molecule has 1 unspecified atom stereocenters. The van der Waals surface area contributed by atoms with Crippen LogP contribution in [0.5, 0.6) is 5.75 Å². The molecule has 4 nitrogen and oxygen atoms in total. The van der Waals surface area contributed by atoms with Crippen LogP contribution in [0.4, 0.5) is 0 Å². The molecule has 3 aromatic carbocycles. The third-order valence-corrected chi connectivity index (χ3v) is 4.24. The molecule has 0 heterocycles. The van der Waals surface area contributed by atoms with Crippen LogP contribution < -0.4 is 10.1 Å². The molecule has 128 valence electrons. The molecule has 0 spiro atoms. The van der Waals surface area contributed by atoms with Gasteiger partial charge in [-0.05, 0) is 34.9 Å². The topological polar surface area (TPSA) is 58.6 Å². The third-order valence-electron chi connectivity index (χ3n) is 4.24. The highest BCUT2D eigenvalue weighted by Crippen LogP contribution is 2.26. The molecule has 3 aromatic rings. The zero-order chi connectivity index (χ0) is 17.6. The van der Waals surface area contributed by atoms with Crippen LogP contribution in [-0.2, 0) is 0 Å². The summed E-state index contributed by atoms with van der Waals surface area (Å²) in [5, 5.41) is 15.5. The van der Waals surface area contributed by atoms with Crippen LogP contribution in [0.3, 0.4) is 0 Å². The van der Waals surface area contributed by atoms with E-state index in [-0.39, 0.29) is 5.91 Å². The van der Waals surface area contributed by atoms with E-state index in [2.05, 4.69) is 5.32 Å². The highest BCUT2D eigenvalue weighted by Gasteiger charge is 2.14. The molecule has 0 radical (unpaired) electrons. The van der Waals surface area contributed by atoms with Crippen LogP contribution in [0.2, 0.25) is 0 Å². The second-order valence-electron chi connectivity index (χ2n) is 5.83. The average Bonchev–Trinajstić information content (AvgIpc) is 2.67. The summed E-state index contributed by atoms with van der Waals surface area (Å²) in [6.45, 7) is 0.376. The zero-order valence-electron chi connectivity index (χ0n) is 14.1. The molecule has 0 aromatic heterocycles. The fourth-order valence-electron chi connectivity index (χ4n) is 2.95. The minimum atomic E-state index is -0.635. The van der Waals surface area contributed by atoms with E-state index in [0.717, 1.165) is 16.3 Å². The van der Waals surface area contributed by atoms with Crippen molar-refractivity contribution in [3.8, 4) is 5.75 Å². The first-order valence-electron chi connectivity index (χ1n) is 8.27. The van der Waals surface area contributed by atoms with Gasteiger partial charge >= 0.3 is 0 Å². The highest BCUT2D eigenvalue weighted by atomic mass is 16.5. The Morgan fingerprint density at radius 1 is 1.04 bits per heavy atom. The molecular formula is C21H21NO3. The lowest BCUT2D eigenvalue weighted by Gasteiger charge is -2.15. The van der Waals surface area contributed by atoms with Gasteiger partial charge in [0.15, 0.2) is 0 Å². The van der Waals surface area contributed by atoms with Crippen molar-refractivity contribution in [1.29, 1.82) is 0 Å². The van der Waals surface area contributed by atoms with Gasteiger partial charge in [0, 0.05) is 6.54 Å². The van der Waals surface area contributed by atoms with Gasteiger partial charge in [-0.15, -0.1) is 0 Å². The number of hydrogen-bond acceptors (Lipinski definition) is 3. The van der Waals surface area contributed by atoms with E-state index in [1.54, 1.807) is 18.2 Å². The number of amides is 1. The van der Waals surface area contributed by atoms with E-state index in [1.807, 2.05) is 48.5 Å². The predicted molar refractivity (Wildman–Crippen MR) is 98.9 cm³/mol. The van der Waals surface area contributed by atoms with Gasteiger partial charge in [-0.3, -0.25) is 4.79 Å². The predicted octanol–water partition coefficient (Wildman–Crippen LogP) is 3.70. The molecule has 2 N–H and O–H groups in total. The standard InChI is InChI=1S/C21H21NO3/c1-25-20-12-5-4-10-18(20)21(24)22-14-13-19(23)17-11-6-8-15-7-2-3-9-16(15)17/h2-12,19,23H,13-14H2,1H3,(H,22,24). The van der Waals surface area contributed by atoms with Crippen molar-refractivity contribution < 1.29 is 14.6 Å². The van der Waals surface area contributed by atoms with Crippen LogP contribution in [0, 0.1) is 0 Å². The van der Waals surface area contributed by atoms with Crippen molar-refractivity contribution in [2.75, 3.05) is 13.7 Å². The number of carbonyl (C=O) groups is 1. The van der Waals surface area contributed by atoms with E-state index in [4.69, 9.17) is 4.74 Å². The summed E-state index contributed by atoms with van der Waals surface area (Å²) >= 11 is 0. The molecule has 0 aliphatic rings. The van der Waals surface area contributed by atoms with Crippen molar-refractivity contribution in [2.45, 2.75) is 12.5 Å². The normalized spacial score (nSPS) is 11.9. The van der Waals surface area contributed by atoms with Crippen LogP contribution in [0.1, 0.15) is 28.4 Å². The molecule has 4 heteroatoms. The van der Waals surface area contributed by atoms with E-state index >= 15 is 0 Å². The lowest BCUT2D eigenvalue weighted by Crippen LogP contribution is -2.26. The number of fused-ring (bicyclic) bond motifs is 1. The van der Waals surface area contributed by atoms with Crippen molar-refractivity contribution >= 4 is 16.7 Å². The van der Waals surface area contributed by atoms with Crippen LogP contribution in [0.25, 0.3) is 10.8 Å². The number of methoxy groups -OCH3 is 1. The van der Waals surface area contributed by atoms with Crippen molar-refractivity contribution in [3.63, 3.8) is 0 Å². The minimum absolute atomic E-state index is 0.206. The summed E-state index contributed by atoms with van der Waals surface area (Å²) in [7, 11) is 1.54. The summed E-state index contributed by atoms with van der Waals surface area (Å²) in [5.41, 5.74) is 1.37. The number of para-hydroxylation sites is 1. The number of carbonyl (C=O) groups excluding carboxylic acids is 1. The quantitative estimate of drug-likeness (QED) is 0.722. The summed E-state index contributed by atoms with van der Waals surface area (Å²) in [6, 6.07) is 20.9. The fourth-order valence-corrected chi connectivity index (χ4v) is 2.95. The second-order valence-corrected chi connectivity index (χ2v) is 5.83. The van der Waals surface area contributed by atoms with Crippen LogP contribution in [0.15, 0.2) is 66.7 Å². The van der Waals surface area contributed by atoms with Gasteiger partial charge < -0.3 is 15.2 Å². The van der Waals surface area contributed by atoms with E-state index < -0.39 is 6.10 Å². The number of benzene rings is 3. The molecular weight excluding hydrogens is 314 g/mol. The number of aliphatic hydroxyl groups excluding tert-OH is 1. The van der Waals surface area contributed by atoms with Gasteiger partial charge in [0.05, 0.1) is 18.8 Å². The summed E-state index contributed by atoms with van der Waals surface area (Å²) in [4.78, 5) is 12.3. The maximum atomic E-state index is 12.3. The number of hydrogen-bond donors (Lipinski definition) is 2. The number of rotatable bonds is 6. The number of ether oxygens (including phenoxy) is 1. The second kappa shape index (κ2) is 7.81. The Hall–Kier alpha value is -2.85. The molecule has 0 saturated heterocycles. The van der Waals surface area contributed by atoms with Crippen molar-refractivity contribution in [2.24, 2.45) is 0 Å². The zero-order valence-corrected chi connectivity index (χ0v) is 14.1. The van der Waals surface area contributed by atoms with Crippen LogP contribution in [-0.4, -0.2) is 24.7 Å². The molecule has 0 aliphatic heterocycles. The Morgan fingerprint density at radius 2 is 1.76 bits per heavy atom. The van der Waals surface area contributed by atoms with Crippen LogP contribution >= 0.6 is 0 Å². The maximum Gasteiger partial charge on any atom is 0.255 e. The maximum absolute atomic E-state index is 12.3. The third kappa shape index (κ3) is 3.80. The first kappa shape index (κ1) is 17.0. The van der Waals surface area contributed by atoms with E-state index in [1.165, 1.54) is 7.11 Å². The molecule has 1 amide bonds. The van der Waals surface area contributed by atoms with E-state index in [9.17, 15) is 9.90 Å². The number of nitrogens with one attached hydrogen (secondary N) is 1. The van der Waals surface area contributed by atoms with Gasteiger partial charge in [-0.25, -0.2) is 0 Å². The van der Waals surface area contributed by atoms with Gasteiger partial charge in [0.25, 0.3) is 5.91 Å². The van der Waals surface area contributed by atoms with Gasteiger partial charge in [0.2, 0.25) is 0 Å². The van der Waals surface area contributed by atoms with Gasteiger partial charge in [-0.2, -0.15) is 0 Å². The minimum Gasteiger partial charge on any atom is -0.496 e. The molecule has 1 atom stereocenters. The Kier molecular flexibility index (Phi) is 5.31. The lowest BCUT2D eigenvalue weighted by molar-refractivity contribution is 0.0940. The van der Waals surface area contributed by atoms with Crippen molar-refractivity contribution in [1.82, 2.24) is 5.32 Å². The number of aliphatic hydroxyl groups is 1. The Morgan fingerprint density at radius 3 is 2.60 bits per heavy atom. The first-order valence-corrected chi connectivity index (χ1v) is 8.27. The average molecular weight is 335 g/mol. The highest BCUT2D eigenvalue weighted by molar-refractivity contribution is 5.96. The molecule has 3 rings (SSSR count). The summed E-state index contributed by atoms with van der Waals surface area (Å²) in [6.07, 6.45) is -0.196. The summed E-state index contributed by atoms with van der Waals surface area (Å²) < 4.78 is 5.20. The van der Waals surface area contributed by atoms with Gasteiger partial charge in [0.1, 0.15) is 5.75 Å². The Balaban J connectivity index is 1.64. The first-order chi connectivity index (χ1) is 12.2. The SMILES string of the molecule is COc1ccccc1C(=O)NCCC(O)c1cccc2ccccc12. The lowest BCUT2D eigenvalue weighted by atomic mass is 9.99.